The van der Waals surface area contributed by atoms with Crippen LogP contribution in [0.2, 0.25) is 0 Å². The van der Waals surface area contributed by atoms with Crippen molar-refractivity contribution in [2.75, 3.05) is 5.75 Å². The van der Waals surface area contributed by atoms with Crippen LogP contribution in [0.3, 0.4) is 0 Å². The summed E-state index contributed by atoms with van der Waals surface area (Å²) >= 11 is 4.98. The number of pyridine rings is 1. The number of carbonyl (C=O) groups excluding carboxylic acids is 1. The number of carbonyl (C=O) groups is 1. The number of thioether (sulfide) groups is 1. The fraction of sp³-hybridized carbons (Fsp3) is 0.133. The van der Waals surface area contributed by atoms with Gasteiger partial charge in [-0.1, -0.05) is 28.1 Å². The Balaban J connectivity index is 1.69. The van der Waals surface area contributed by atoms with Gasteiger partial charge in [0.15, 0.2) is 0 Å². The van der Waals surface area contributed by atoms with Crippen LogP contribution in [-0.4, -0.2) is 22.9 Å². The fourth-order valence-electron chi connectivity index (χ4n) is 1.55. The summed E-state index contributed by atoms with van der Waals surface area (Å²) in [7, 11) is 0. The van der Waals surface area contributed by atoms with Crippen LogP contribution in [0.5, 0.6) is 0 Å². The molecule has 0 saturated carbocycles. The summed E-state index contributed by atoms with van der Waals surface area (Å²) < 4.78 is 1.05. The van der Waals surface area contributed by atoms with Gasteiger partial charge in [-0.25, -0.2) is 5.43 Å². The topological polar surface area (TPSA) is 54.4 Å². The number of halogens is 1. The van der Waals surface area contributed by atoms with Crippen molar-refractivity contribution >= 4 is 39.8 Å². The molecule has 0 aliphatic rings. The van der Waals surface area contributed by atoms with E-state index in [1.807, 2.05) is 36.4 Å². The van der Waals surface area contributed by atoms with Crippen molar-refractivity contribution < 1.29 is 4.79 Å². The molecule has 6 heteroatoms. The molecule has 0 unspecified atom stereocenters. The molecule has 0 spiro atoms. The van der Waals surface area contributed by atoms with Crippen LogP contribution in [0.25, 0.3) is 0 Å². The van der Waals surface area contributed by atoms with E-state index < -0.39 is 0 Å². The minimum absolute atomic E-state index is 0.111. The largest absolute Gasteiger partial charge is 0.272 e. The van der Waals surface area contributed by atoms with Crippen LogP contribution >= 0.6 is 27.7 Å². The standard InChI is InChI=1S/C15H14BrN3OS/c16-14-3-1-2-13(8-14)10-21-11-15(20)19-18-9-12-4-6-17-7-5-12/h1-9H,10-11H2,(H,19,20)/b18-9-. The molecule has 1 N–H and O–H groups in total. The highest BCUT2D eigenvalue weighted by Crippen LogP contribution is 2.16. The van der Waals surface area contributed by atoms with Crippen LogP contribution in [0.1, 0.15) is 11.1 Å². The molecule has 0 atom stereocenters. The molecule has 108 valence electrons. The van der Waals surface area contributed by atoms with Gasteiger partial charge in [0.25, 0.3) is 0 Å². The van der Waals surface area contributed by atoms with Gasteiger partial charge in [0.1, 0.15) is 0 Å². The molecule has 0 aliphatic heterocycles. The quantitative estimate of drug-likeness (QED) is 0.633. The van der Waals surface area contributed by atoms with Crippen LogP contribution in [-0.2, 0) is 10.5 Å². The van der Waals surface area contributed by atoms with Crippen molar-refractivity contribution in [3.05, 3.63) is 64.4 Å². The van der Waals surface area contributed by atoms with Gasteiger partial charge in [0.05, 0.1) is 12.0 Å². The molecular weight excluding hydrogens is 350 g/mol. The van der Waals surface area contributed by atoms with E-state index in [1.165, 1.54) is 5.56 Å². The van der Waals surface area contributed by atoms with Gasteiger partial charge in [0, 0.05) is 22.6 Å². The molecule has 2 aromatic rings. The maximum Gasteiger partial charge on any atom is 0.250 e. The summed E-state index contributed by atoms with van der Waals surface area (Å²) in [6.45, 7) is 0. The zero-order valence-corrected chi connectivity index (χ0v) is 13.6. The summed E-state index contributed by atoms with van der Waals surface area (Å²) in [5, 5.41) is 3.91. The molecule has 0 aliphatic carbocycles. The van der Waals surface area contributed by atoms with E-state index in [2.05, 4.69) is 31.4 Å². The van der Waals surface area contributed by atoms with Gasteiger partial charge in [0.2, 0.25) is 5.91 Å². The van der Waals surface area contributed by atoms with Crippen molar-refractivity contribution in [2.45, 2.75) is 5.75 Å². The lowest BCUT2D eigenvalue weighted by atomic mass is 10.2. The minimum atomic E-state index is -0.111. The maximum atomic E-state index is 11.6. The Morgan fingerprint density at radius 2 is 2.14 bits per heavy atom. The van der Waals surface area contributed by atoms with E-state index in [0.717, 1.165) is 15.8 Å². The average molecular weight is 364 g/mol. The number of rotatable bonds is 6. The lowest BCUT2D eigenvalue weighted by Crippen LogP contribution is -2.19. The summed E-state index contributed by atoms with van der Waals surface area (Å²) in [5.74, 6) is 1.06. The van der Waals surface area contributed by atoms with E-state index in [9.17, 15) is 4.79 Å². The minimum Gasteiger partial charge on any atom is -0.272 e. The number of benzene rings is 1. The molecule has 1 aromatic heterocycles. The first-order valence-corrected chi connectivity index (χ1v) is 8.23. The predicted molar refractivity (Wildman–Crippen MR) is 90.3 cm³/mol. The fourth-order valence-corrected chi connectivity index (χ4v) is 2.76. The highest BCUT2D eigenvalue weighted by molar-refractivity contribution is 9.10. The van der Waals surface area contributed by atoms with Gasteiger partial charge in [-0.05, 0) is 35.4 Å². The molecule has 2 rings (SSSR count). The van der Waals surface area contributed by atoms with Crippen LogP contribution in [0.15, 0.2) is 58.4 Å². The van der Waals surface area contributed by atoms with Crippen molar-refractivity contribution in [1.29, 1.82) is 0 Å². The van der Waals surface area contributed by atoms with Crippen molar-refractivity contribution in [3.63, 3.8) is 0 Å². The number of nitrogens with zero attached hydrogens (tertiary/aromatic N) is 2. The zero-order chi connectivity index (χ0) is 14.9. The maximum absolute atomic E-state index is 11.6. The number of hydrazone groups is 1. The molecule has 0 radical (unpaired) electrons. The van der Waals surface area contributed by atoms with Gasteiger partial charge in [-0.3, -0.25) is 9.78 Å². The summed E-state index contributed by atoms with van der Waals surface area (Å²) in [4.78, 5) is 15.5. The molecule has 0 fully saturated rings. The second-order valence-corrected chi connectivity index (χ2v) is 6.10. The van der Waals surface area contributed by atoms with E-state index >= 15 is 0 Å². The highest BCUT2D eigenvalue weighted by Gasteiger charge is 2.01. The first kappa shape index (κ1) is 15.7. The molecule has 21 heavy (non-hydrogen) atoms. The summed E-state index contributed by atoms with van der Waals surface area (Å²) in [6.07, 6.45) is 4.95. The van der Waals surface area contributed by atoms with Gasteiger partial charge in [-0.2, -0.15) is 5.10 Å². The molecular formula is C15H14BrN3OS. The average Bonchev–Trinajstić information content (AvgIpc) is 2.48. The van der Waals surface area contributed by atoms with E-state index in [-0.39, 0.29) is 5.91 Å². The summed E-state index contributed by atoms with van der Waals surface area (Å²) in [6, 6.07) is 11.7. The first-order valence-electron chi connectivity index (χ1n) is 6.28. The Hall–Kier alpha value is -1.66. The van der Waals surface area contributed by atoms with Crippen molar-refractivity contribution in [1.82, 2.24) is 10.4 Å². The third-order valence-electron chi connectivity index (χ3n) is 2.50. The lowest BCUT2D eigenvalue weighted by molar-refractivity contribution is -0.118. The third-order valence-corrected chi connectivity index (χ3v) is 4.00. The van der Waals surface area contributed by atoms with E-state index in [4.69, 9.17) is 0 Å². The predicted octanol–water partition coefficient (Wildman–Crippen LogP) is 3.23. The van der Waals surface area contributed by atoms with E-state index in [0.29, 0.717) is 5.75 Å². The van der Waals surface area contributed by atoms with Crippen LogP contribution in [0, 0.1) is 0 Å². The Kier molecular flexibility index (Phi) is 6.43. The molecule has 0 saturated heterocycles. The van der Waals surface area contributed by atoms with Gasteiger partial charge < -0.3 is 0 Å². The third kappa shape index (κ3) is 6.10. The van der Waals surface area contributed by atoms with Gasteiger partial charge >= 0.3 is 0 Å². The molecule has 1 aromatic carbocycles. The number of hydrogen-bond donors (Lipinski definition) is 1. The van der Waals surface area contributed by atoms with Crippen molar-refractivity contribution in [2.24, 2.45) is 5.10 Å². The van der Waals surface area contributed by atoms with Crippen molar-refractivity contribution in [3.8, 4) is 0 Å². The van der Waals surface area contributed by atoms with Crippen LogP contribution in [0.4, 0.5) is 0 Å². The SMILES string of the molecule is O=C(CSCc1cccc(Br)c1)N/N=C\c1ccncc1. The second-order valence-electron chi connectivity index (χ2n) is 4.20. The highest BCUT2D eigenvalue weighted by atomic mass is 79.9. The monoisotopic (exact) mass is 363 g/mol. The Bertz CT molecular complexity index is 619. The Labute approximate surface area is 136 Å². The number of aromatic nitrogens is 1. The Morgan fingerprint density at radius 1 is 1.33 bits per heavy atom. The number of hydrogen-bond acceptors (Lipinski definition) is 4. The van der Waals surface area contributed by atoms with Gasteiger partial charge in [-0.15, -0.1) is 11.8 Å². The normalized spacial score (nSPS) is 10.7. The first-order chi connectivity index (χ1) is 10.2. The molecule has 0 bridgehead atoms. The number of nitrogens with one attached hydrogen (secondary N) is 1. The molecule has 1 heterocycles. The smallest absolute Gasteiger partial charge is 0.250 e. The zero-order valence-electron chi connectivity index (χ0n) is 11.2. The molecule has 1 amide bonds. The lowest BCUT2D eigenvalue weighted by Gasteiger charge is -2.02. The Morgan fingerprint density at radius 3 is 2.90 bits per heavy atom. The molecule has 4 nitrogen and oxygen atoms in total. The van der Waals surface area contributed by atoms with E-state index in [1.54, 1.807) is 30.4 Å². The second kappa shape index (κ2) is 8.59. The van der Waals surface area contributed by atoms with Crippen LogP contribution < -0.4 is 5.43 Å². The number of amides is 1. The summed E-state index contributed by atoms with van der Waals surface area (Å²) in [5.41, 5.74) is 4.59.